The van der Waals surface area contributed by atoms with E-state index in [9.17, 15) is 5.11 Å². The monoisotopic (exact) mass is 144 g/mol. The fourth-order valence-electron chi connectivity index (χ4n) is 0.721. The van der Waals surface area contributed by atoms with Gasteiger partial charge in [-0.15, -0.1) is 0 Å². The Bertz CT molecular complexity index is 73.7. The molecule has 1 radical (unpaired) electrons. The van der Waals surface area contributed by atoms with Gasteiger partial charge in [0.15, 0.2) is 0 Å². The molecular weight excluding hydrogens is 126 g/mol. The minimum Gasteiger partial charge on any atom is -0.304 e. The summed E-state index contributed by atoms with van der Waals surface area (Å²) in [5.41, 5.74) is 0. The van der Waals surface area contributed by atoms with Crippen molar-refractivity contribution in [2.75, 3.05) is 20.2 Å². The molecule has 0 N–H and O–H groups in total. The van der Waals surface area contributed by atoms with Gasteiger partial charge in [-0.1, -0.05) is 0 Å². The molecule has 10 heavy (non-hydrogen) atoms. The van der Waals surface area contributed by atoms with Crippen LogP contribution in [0.3, 0.4) is 0 Å². The molecule has 0 unspecified atom stereocenters. The lowest BCUT2D eigenvalue weighted by Crippen LogP contribution is -2.27. The Kier molecular flexibility index (Phi) is 5.64. The van der Waals surface area contributed by atoms with Gasteiger partial charge in [-0.2, -0.15) is 0 Å². The average Bonchev–Trinajstić information content (AvgIpc) is 1.88. The van der Waals surface area contributed by atoms with Crippen molar-refractivity contribution < 1.29 is 5.11 Å². The van der Waals surface area contributed by atoms with E-state index >= 15 is 0 Å². The summed E-state index contributed by atoms with van der Waals surface area (Å²) in [6, 6.07) is 0.603. The van der Waals surface area contributed by atoms with Crippen LogP contribution in [0, 0.1) is 0 Å². The summed E-state index contributed by atoms with van der Waals surface area (Å²) in [6.45, 7) is 5.46. The Hall–Kier alpha value is -0.0800. The molecule has 61 valence electrons. The molecule has 0 fully saturated rings. The third-order valence-corrected chi connectivity index (χ3v) is 1.79. The van der Waals surface area contributed by atoms with Crippen molar-refractivity contribution in [3.05, 3.63) is 0 Å². The molecule has 0 amide bonds. The fraction of sp³-hybridized carbons (Fsp3) is 1.00. The summed E-state index contributed by atoms with van der Waals surface area (Å²) in [4.78, 5) is 2.26. The SMILES string of the molecule is CC(C)N(C)CCCC[O]. The van der Waals surface area contributed by atoms with Crippen molar-refractivity contribution in [1.82, 2.24) is 4.90 Å². The van der Waals surface area contributed by atoms with Crippen LogP contribution in [0.2, 0.25) is 0 Å². The van der Waals surface area contributed by atoms with Crippen molar-refractivity contribution in [2.24, 2.45) is 0 Å². The zero-order chi connectivity index (χ0) is 7.98. The molecule has 0 atom stereocenters. The largest absolute Gasteiger partial charge is 0.304 e. The van der Waals surface area contributed by atoms with Crippen molar-refractivity contribution in [3.63, 3.8) is 0 Å². The Labute approximate surface area is 63.8 Å². The van der Waals surface area contributed by atoms with Crippen LogP contribution in [0.15, 0.2) is 0 Å². The van der Waals surface area contributed by atoms with Crippen molar-refractivity contribution in [3.8, 4) is 0 Å². The summed E-state index contributed by atoms with van der Waals surface area (Å²) < 4.78 is 0. The molecule has 0 aliphatic heterocycles. The molecule has 2 heteroatoms. The summed E-state index contributed by atoms with van der Waals surface area (Å²) in [7, 11) is 2.09. The van der Waals surface area contributed by atoms with Crippen LogP contribution in [0.4, 0.5) is 0 Å². The Balaban J connectivity index is 3.13. The molecule has 0 rings (SSSR count). The lowest BCUT2D eigenvalue weighted by atomic mass is 10.2. The van der Waals surface area contributed by atoms with E-state index in [0.29, 0.717) is 6.04 Å². The van der Waals surface area contributed by atoms with Gasteiger partial charge in [-0.3, -0.25) is 0 Å². The summed E-state index contributed by atoms with van der Waals surface area (Å²) in [5, 5.41) is 10.1. The van der Waals surface area contributed by atoms with Crippen LogP contribution in [0.1, 0.15) is 26.7 Å². The molecule has 0 aromatic heterocycles. The van der Waals surface area contributed by atoms with E-state index in [0.717, 1.165) is 19.4 Å². The summed E-state index contributed by atoms with van der Waals surface area (Å²) in [5.74, 6) is 0. The van der Waals surface area contributed by atoms with Gasteiger partial charge in [0.1, 0.15) is 0 Å². The maximum atomic E-state index is 10.1. The van der Waals surface area contributed by atoms with Gasteiger partial charge in [0.2, 0.25) is 0 Å². The molecule has 0 aromatic rings. The van der Waals surface area contributed by atoms with Crippen LogP contribution in [-0.2, 0) is 5.11 Å². The van der Waals surface area contributed by atoms with Crippen LogP contribution in [-0.4, -0.2) is 31.1 Å². The molecule has 0 saturated heterocycles. The molecule has 0 aliphatic carbocycles. The highest BCUT2D eigenvalue weighted by atomic mass is 16.2. The molecule has 0 saturated carbocycles. The molecule has 0 heterocycles. The maximum Gasteiger partial charge on any atom is 0.0822 e. The normalized spacial score (nSPS) is 11.4. The van der Waals surface area contributed by atoms with E-state index in [1.165, 1.54) is 0 Å². The highest BCUT2D eigenvalue weighted by Crippen LogP contribution is 1.96. The van der Waals surface area contributed by atoms with Gasteiger partial charge < -0.3 is 4.90 Å². The van der Waals surface area contributed by atoms with E-state index in [-0.39, 0.29) is 6.61 Å². The van der Waals surface area contributed by atoms with Crippen LogP contribution < -0.4 is 0 Å². The number of hydrogen-bond donors (Lipinski definition) is 0. The zero-order valence-electron chi connectivity index (χ0n) is 7.26. The summed E-state index contributed by atoms with van der Waals surface area (Å²) in [6.07, 6.45) is 1.86. The minimum absolute atomic E-state index is 0.0753. The van der Waals surface area contributed by atoms with E-state index in [1.54, 1.807) is 0 Å². The number of rotatable bonds is 5. The lowest BCUT2D eigenvalue weighted by molar-refractivity contribution is 0.177. The number of unbranched alkanes of at least 4 members (excludes halogenated alkanes) is 1. The predicted octanol–water partition coefficient (Wildman–Crippen LogP) is 1.54. The van der Waals surface area contributed by atoms with Crippen LogP contribution in [0.5, 0.6) is 0 Å². The van der Waals surface area contributed by atoms with Gasteiger partial charge in [0, 0.05) is 6.04 Å². The average molecular weight is 144 g/mol. The van der Waals surface area contributed by atoms with Crippen LogP contribution >= 0.6 is 0 Å². The first-order valence-corrected chi connectivity index (χ1v) is 3.97. The van der Waals surface area contributed by atoms with Gasteiger partial charge >= 0.3 is 0 Å². The van der Waals surface area contributed by atoms with E-state index in [2.05, 4.69) is 25.8 Å². The highest BCUT2D eigenvalue weighted by Gasteiger charge is 2.00. The molecule has 0 aromatic carbocycles. The zero-order valence-corrected chi connectivity index (χ0v) is 7.26. The van der Waals surface area contributed by atoms with Crippen molar-refractivity contribution >= 4 is 0 Å². The Morgan fingerprint density at radius 3 is 2.30 bits per heavy atom. The van der Waals surface area contributed by atoms with Crippen molar-refractivity contribution in [2.45, 2.75) is 32.7 Å². The third kappa shape index (κ3) is 4.77. The predicted molar refractivity (Wildman–Crippen MR) is 42.6 cm³/mol. The third-order valence-electron chi connectivity index (χ3n) is 1.79. The van der Waals surface area contributed by atoms with Gasteiger partial charge in [-0.25, -0.2) is 5.11 Å². The molecule has 0 bridgehead atoms. The minimum atomic E-state index is 0.0753. The lowest BCUT2D eigenvalue weighted by Gasteiger charge is -2.20. The van der Waals surface area contributed by atoms with Crippen molar-refractivity contribution in [1.29, 1.82) is 0 Å². The topological polar surface area (TPSA) is 23.1 Å². The first kappa shape index (κ1) is 9.92. The second-order valence-corrected chi connectivity index (χ2v) is 2.99. The second-order valence-electron chi connectivity index (χ2n) is 2.99. The number of nitrogens with zero attached hydrogens (tertiary/aromatic N) is 1. The van der Waals surface area contributed by atoms with Gasteiger partial charge in [0.05, 0.1) is 6.61 Å². The molecule has 0 aliphatic rings. The summed E-state index contributed by atoms with van der Waals surface area (Å²) >= 11 is 0. The van der Waals surface area contributed by atoms with Gasteiger partial charge in [0.25, 0.3) is 0 Å². The quantitative estimate of drug-likeness (QED) is 0.537. The second kappa shape index (κ2) is 5.69. The smallest absolute Gasteiger partial charge is 0.0822 e. The standard InChI is InChI=1S/C8H18NO/c1-8(2)9(3)6-4-5-7-10/h8H,4-7H2,1-3H3. The first-order valence-electron chi connectivity index (χ1n) is 3.97. The highest BCUT2D eigenvalue weighted by molar-refractivity contribution is 4.55. The maximum absolute atomic E-state index is 10.1. The van der Waals surface area contributed by atoms with E-state index in [4.69, 9.17) is 0 Å². The van der Waals surface area contributed by atoms with E-state index < -0.39 is 0 Å². The van der Waals surface area contributed by atoms with E-state index in [1.807, 2.05) is 0 Å². The van der Waals surface area contributed by atoms with Crippen LogP contribution in [0.25, 0.3) is 0 Å². The molecular formula is C8H18NO. The Morgan fingerprint density at radius 2 is 1.90 bits per heavy atom. The molecule has 0 spiro atoms. The number of hydrogen-bond acceptors (Lipinski definition) is 1. The molecule has 2 nitrogen and oxygen atoms in total. The van der Waals surface area contributed by atoms with Gasteiger partial charge in [-0.05, 0) is 40.3 Å². The Morgan fingerprint density at radius 1 is 1.30 bits per heavy atom. The first-order chi connectivity index (χ1) is 4.68. The fourth-order valence-corrected chi connectivity index (χ4v) is 0.721.